The van der Waals surface area contributed by atoms with Crippen molar-refractivity contribution in [3.05, 3.63) is 44.9 Å². The number of methoxy groups -OCH3 is 1. The van der Waals surface area contributed by atoms with Gasteiger partial charge in [-0.05, 0) is 62.9 Å². The van der Waals surface area contributed by atoms with Crippen molar-refractivity contribution >= 4 is 33.1 Å². The van der Waals surface area contributed by atoms with Gasteiger partial charge in [0.05, 0.1) is 35.6 Å². The Kier molecular flexibility index (Phi) is 5.60. The molecule has 1 unspecified atom stereocenters. The van der Waals surface area contributed by atoms with Crippen molar-refractivity contribution in [2.24, 2.45) is 0 Å². The van der Waals surface area contributed by atoms with Crippen LogP contribution in [-0.2, 0) is 12.8 Å². The number of nitrogens with zero attached hydrogens (tertiary/aromatic N) is 3. The summed E-state index contributed by atoms with van der Waals surface area (Å²) in [5.74, 6) is 1.58. The lowest BCUT2D eigenvalue weighted by Crippen LogP contribution is -2.42. The van der Waals surface area contributed by atoms with E-state index in [2.05, 4.69) is 40.6 Å². The fourth-order valence-electron chi connectivity index (χ4n) is 3.93. The van der Waals surface area contributed by atoms with E-state index >= 15 is 0 Å². The number of fused-ring (bicyclic) bond motifs is 3. The van der Waals surface area contributed by atoms with Crippen molar-refractivity contribution in [1.29, 1.82) is 0 Å². The molecule has 4 rings (SSSR count). The van der Waals surface area contributed by atoms with Crippen LogP contribution in [0, 0.1) is 18.8 Å². The second-order valence-electron chi connectivity index (χ2n) is 8.17. The first-order valence-corrected chi connectivity index (χ1v) is 11.1. The van der Waals surface area contributed by atoms with E-state index in [-0.39, 0.29) is 12.1 Å². The Bertz CT molecular complexity index is 1110. The largest absolute Gasteiger partial charge is 0.495 e. The smallest absolute Gasteiger partial charge is 0.239 e. The number of nitroso groups, excluding NO2 is 1. The molecule has 2 aromatic heterocycles. The minimum absolute atomic E-state index is 0.0582. The van der Waals surface area contributed by atoms with Gasteiger partial charge in [-0.3, -0.25) is 0 Å². The molecule has 158 valence electrons. The van der Waals surface area contributed by atoms with Crippen LogP contribution in [0.2, 0.25) is 0 Å². The van der Waals surface area contributed by atoms with Crippen LogP contribution in [0.15, 0.2) is 18.5 Å². The molecule has 1 aliphatic carbocycles. The van der Waals surface area contributed by atoms with Gasteiger partial charge in [0.25, 0.3) is 0 Å². The molecule has 30 heavy (non-hydrogen) atoms. The summed E-state index contributed by atoms with van der Waals surface area (Å²) in [6.45, 7) is 8.12. The topological polar surface area (TPSA) is 79.2 Å². The van der Waals surface area contributed by atoms with Crippen molar-refractivity contribution < 1.29 is 9.61 Å². The van der Waals surface area contributed by atoms with Gasteiger partial charge < -0.3 is 10.1 Å². The third-order valence-corrected chi connectivity index (χ3v) is 6.77. The summed E-state index contributed by atoms with van der Waals surface area (Å²) >= 11 is 1.66. The first kappa shape index (κ1) is 20.5. The van der Waals surface area contributed by atoms with Gasteiger partial charge in [0.1, 0.15) is 27.6 Å². The van der Waals surface area contributed by atoms with E-state index in [0.29, 0.717) is 0 Å². The van der Waals surface area contributed by atoms with Crippen molar-refractivity contribution in [2.45, 2.75) is 59.0 Å². The molecule has 0 saturated heterocycles. The molecule has 3 aromatic rings. The molecule has 0 fully saturated rings. The molecule has 1 atom stereocenters. The maximum absolute atomic E-state index is 12.4. The normalized spacial score (nSPS) is 15.9. The van der Waals surface area contributed by atoms with Gasteiger partial charge in [-0.1, -0.05) is 0 Å². The summed E-state index contributed by atoms with van der Waals surface area (Å²) in [6, 6.07) is 4.19. The average molecular weight is 427 g/mol. The van der Waals surface area contributed by atoms with Crippen LogP contribution in [0.1, 0.15) is 41.8 Å². The molecule has 0 amide bonds. The fourth-order valence-corrected chi connectivity index (χ4v) is 5.19. The number of thiophene rings is 1. The third-order valence-electron chi connectivity index (χ3n) is 5.61. The fraction of sp³-hybridized carbons (Fsp3) is 0.455. The highest BCUT2D eigenvalue weighted by Gasteiger charge is 2.34. The van der Waals surface area contributed by atoms with Crippen LogP contribution >= 0.6 is 11.3 Å². The maximum atomic E-state index is 12.4. The summed E-state index contributed by atoms with van der Waals surface area (Å²) in [4.78, 5) is 24.7. The van der Waals surface area contributed by atoms with Gasteiger partial charge in [0.15, 0.2) is 0 Å². The van der Waals surface area contributed by atoms with E-state index in [0.717, 1.165) is 51.6 Å². The number of aromatic nitrogens is 2. The van der Waals surface area contributed by atoms with Crippen molar-refractivity contribution in [3.63, 3.8) is 0 Å². The lowest BCUT2D eigenvalue weighted by molar-refractivity contribution is -0.646. The Morgan fingerprint density at radius 1 is 1.23 bits per heavy atom. The van der Waals surface area contributed by atoms with Crippen molar-refractivity contribution in [1.82, 2.24) is 15.4 Å². The predicted molar refractivity (Wildman–Crippen MR) is 121 cm³/mol. The van der Waals surface area contributed by atoms with Crippen LogP contribution in [-0.4, -0.2) is 34.0 Å². The molecule has 0 aliphatic heterocycles. The Balaban J connectivity index is 1.69. The van der Waals surface area contributed by atoms with E-state index in [1.807, 2.05) is 19.9 Å². The van der Waals surface area contributed by atoms with Crippen LogP contribution in [0.4, 0.5) is 11.5 Å². The van der Waals surface area contributed by atoms with Crippen molar-refractivity contribution in [3.8, 4) is 5.75 Å². The Morgan fingerprint density at radius 2 is 2.00 bits per heavy atom. The highest BCUT2D eigenvalue weighted by molar-refractivity contribution is 7.19. The highest BCUT2D eigenvalue weighted by atomic mass is 32.1. The summed E-state index contributed by atoms with van der Waals surface area (Å²) in [5, 5.41) is 4.54. The zero-order valence-electron chi connectivity index (χ0n) is 18.1. The molecule has 0 saturated carbocycles. The van der Waals surface area contributed by atoms with E-state index in [1.165, 1.54) is 21.6 Å². The number of ether oxygens (including phenoxy) is 1. The standard InChI is InChI=1S/C22H28N5O2S/c1-12(2)26-27(28)15-6-7-16-19(10-15)30-22-20(16)21(23-11-24-22)25-17-8-13(3)14(4)9-18(17)29-5/h8-9,11-12,15H,6-7,10H2,1-5H3,(H,26,28)(H,23,24,25)/q+1. The zero-order chi connectivity index (χ0) is 21.4. The summed E-state index contributed by atoms with van der Waals surface area (Å²) in [5.41, 5.74) is 7.49. The Morgan fingerprint density at radius 3 is 2.73 bits per heavy atom. The molecule has 1 aromatic carbocycles. The van der Waals surface area contributed by atoms with Crippen LogP contribution in [0.5, 0.6) is 5.75 Å². The zero-order valence-corrected chi connectivity index (χ0v) is 18.9. The highest BCUT2D eigenvalue weighted by Crippen LogP contribution is 2.40. The molecule has 0 bridgehead atoms. The number of rotatable bonds is 6. The quantitative estimate of drug-likeness (QED) is 0.443. The molecular weight excluding hydrogens is 398 g/mol. The molecule has 0 spiro atoms. The number of hydrogen-bond acceptors (Lipinski definition) is 6. The number of benzene rings is 1. The molecule has 1 aliphatic rings. The van der Waals surface area contributed by atoms with Gasteiger partial charge in [-0.2, -0.15) is 5.43 Å². The Hall–Kier alpha value is -2.74. The number of aryl methyl sites for hydroxylation is 3. The predicted octanol–water partition coefficient (Wildman–Crippen LogP) is 4.61. The summed E-state index contributed by atoms with van der Waals surface area (Å²) < 4.78 is 5.58. The molecule has 0 radical (unpaired) electrons. The van der Waals surface area contributed by atoms with E-state index in [9.17, 15) is 4.91 Å². The lowest BCUT2D eigenvalue weighted by atomic mass is 9.93. The second kappa shape index (κ2) is 8.18. The minimum Gasteiger partial charge on any atom is -0.495 e. The number of anilines is 2. The lowest BCUT2D eigenvalue weighted by Gasteiger charge is -2.17. The van der Waals surface area contributed by atoms with Gasteiger partial charge in [0, 0.05) is 11.3 Å². The number of hydrogen-bond donors (Lipinski definition) is 2. The number of nitrogens with one attached hydrogen (secondary N) is 2. The monoisotopic (exact) mass is 426 g/mol. The van der Waals surface area contributed by atoms with E-state index in [1.54, 1.807) is 24.8 Å². The van der Waals surface area contributed by atoms with E-state index < -0.39 is 0 Å². The van der Waals surface area contributed by atoms with Gasteiger partial charge in [0.2, 0.25) is 6.04 Å². The van der Waals surface area contributed by atoms with Crippen LogP contribution in [0.25, 0.3) is 10.2 Å². The summed E-state index contributed by atoms with van der Waals surface area (Å²) in [7, 11) is 1.68. The molecule has 2 N–H and O–H groups in total. The maximum Gasteiger partial charge on any atom is 0.239 e. The Labute approximate surface area is 180 Å². The molecule has 8 heteroatoms. The third kappa shape index (κ3) is 3.84. The average Bonchev–Trinajstić information content (AvgIpc) is 3.08. The SMILES string of the molecule is COc1cc(C)c(C)cc1Nc1ncnc2sc3c(c12)CCC([N+](=O)NC(C)C)C3. The van der Waals surface area contributed by atoms with Gasteiger partial charge >= 0.3 is 0 Å². The first-order chi connectivity index (χ1) is 14.4. The number of hydrazine groups is 1. The minimum atomic E-state index is -0.0582. The molecule has 7 nitrogen and oxygen atoms in total. The molecular formula is C22H28N5O2S+. The second-order valence-corrected chi connectivity index (χ2v) is 9.26. The van der Waals surface area contributed by atoms with Crippen LogP contribution in [0.3, 0.4) is 0 Å². The van der Waals surface area contributed by atoms with Crippen LogP contribution < -0.4 is 15.5 Å². The van der Waals surface area contributed by atoms with Crippen molar-refractivity contribution in [2.75, 3.05) is 12.4 Å². The van der Waals surface area contributed by atoms with Gasteiger partial charge in [-0.15, -0.1) is 11.3 Å². The molecule has 2 heterocycles. The first-order valence-electron chi connectivity index (χ1n) is 10.3. The summed E-state index contributed by atoms with van der Waals surface area (Å²) in [6.07, 6.45) is 3.97. The van der Waals surface area contributed by atoms with Gasteiger partial charge in [-0.25, -0.2) is 9.97 Å². The van der Waals surface area contributed by atoms with E-state index in [4.69, 9.17) is 4.74 Å².